The maximum absolute atomic E-state index is 5.89. The second-order valence-electron chi connectivity index (χ2n) is 6.61. The Labute approximate surface area is 183 Å². The van der Waals surface area contributed by atoms with Crippen LogP contribution in [0.15, 0.2) is 35.6 Å². The Kier molecular flexibility index (Phi) is 8.88. The van der Waals surface area contributed by atoms with E-state index in [0.717, 1.165) is 49.0 Å². The number of guanidine groups is 1. The monoisotopic (exact) mass is 499 g/mol. The highest BCUT2D eigenvalue weighted by molar-refractivity contribution is 14.0. The minimum atomic E-state index is 0. The minimum Gasteiger partial charge on any atom is -0.494 e. The highest BCUT2D eigenvalue weighted by atomic mass is 127. The number of aliphatic imine (C=N–C) groups is 1. The van der Waals surface area contributed by atoms with Crippen LogP contribution in [0.1, 0.15) is 31.4 Å². The van der Waals surface area contributed by atoms with Crippen LogP contribution in [0.25, 0.3) is 0 Å². The number of rotatable bonds is 8. The first-order chi connectivity index (χ1) is 13.2. The summed E-state index contributed by atoms with van der Waals surface area (Å²) in [5, 5.41) is 10.9. The summed E-state index contributed by atoms with van der Waals surface area (Å²) in [5.41, 5.74) is 2.29. The highest BCUT2D eigenvalue weighted by Gasteiger charge is 2.21. The van der Waals surface area contributed by atoms with Crippen LogP contribution in [0.2, 0.25) is 0 Å². The summed E-state index contributed by atoms with van der Waals surface area (Å²) in [6, 6.07) is 6.13. The molecule has 1 aromatic carbocycles. The highest BCUT2D eigenvalue weighted by Crippen LogP contribution is 2.35. The third-order valence-electron chi connectivity index (χ3n) is 4.46. The molecule has 7 nitrogen and oxygen atoms in total. The van der Waals surface area contributed by atoms with Crippen molar-refractivity contribution in [3.8, 4) is 11.5 Å². The van der Waals surface area contributed by atoms with Crippen LogP contribution in [0.3, 0.4) is 0 Å². The molecule has 1 aliphatic rings. The van der Waals surface area contributed by atoms with Gasteiger partial charge in [-0.2, -0.15) is 5.10 Å². The second kappa shape index (κ2) is 11.1. The minimum absolute atomic E-state index is 0. The van der Waals surface area contributed by atoms with Gasteiger partial charge in [-0.25, -0.2) is 0 Å². The summed E-state index contributed by atoms with van der Waals surface area (Å²) >= 11 is 0. The maximum Gasteiger partial charge on any atom is 0.191 e. The van der Waals surface area contributed by atoms with E-state index in [0.29, 0.717) is 13.2 Å². The fourth-order valence-electron chi connectivity index (χ4n) is 3.19. The van der Waals surface area contributed by atoms with Crippen molar-refractivity contribution in [2.24, 2.45) is 4.99 Å². The molecule has 8 heteroatoms. The topological polar surface area (TPSA) is 72.7 Å². The SMILES string of the molecule is CCOc1cc2c(cc1CNC(=NC)NCCCn1cccn1)OC(C)C2.I. The van der Waals surface area contributed by atoms with Gasteiger partial charge >= 0.3 is 0 Å². The lowest BCUT2D eigenvalue weighted by Gasteiger charge is -2.15. The van der Waals surface area contributed by atoms with E-state index in [1.165, 1.54) is 5.56 Å². The van der Waals surface area contributed by atoms with E-state index in [9.17, 15) is 0 Å². The maximum atomic E-state index is 5.89. The first kappa shape index (κ1) is 22.3. The standard InChI is InChI=1S/C20H29N5O2.HI/c1-4-26-18-12-16-11-15(2)27-19(16)13-17(18)14-23-20(21-3)22-7-5-9-25-10-6-8-24-25;/h6,8,10,12-13,15H,4-5,7,9,11,14H2,1-3H3,(H2,21,22,23);1H. The quantitative estimate of drug-likeness (QED) is 0.253. The first-order valence-electron chi connectivity index (χ1n) is 9.56. The number of benzene rings is 1. The van der Waals surface area contributed by atoms with Crippen LogP contribution in [-0.2, 0) is 19.5 Å². The lowest BCUT2D eigenvalue weighted by Crippen LogP contribution is -2.37. The molecule has 28 heavy (non-hydrogen) atoms. The van der Waals surface area contributed by atoms with Crippen molar-refractivity contribution in [1.29, 1.82) is 0 Å². The lowest BCUT2D eigenvalue weighted by atomic mass is 10.1. The molecule has 0 aliphatic carbocycles. The predicted octanol–water partition coefficient (Wildman–Crippen LogP) is 2.98. The molecule has 0 fully saturated rings. The molecule has 154 valence electrons. The number of ether oxygens (including phenoxy) is 2. The van der Waals surface area contributed by atoms with Crippen molar-refractivity contribution in [2.45, 2.75) is 45.9 Å². The number of hydrogen-bond donors (Lipinski definition) is 2. The van der Waals surface area contributed by atoms with Gasteiger partial charge in [0, 0.05) is 56.6 Å². The summed E-state index contributed by atoms with van der Waals surface area (Å²) in [7, 11) is 1.78. The van der Waals surface area contributed by atoms with E-state index < -0.39 is 0 Å². The van der Waals surface area contributed by atoms with Crippen LogP contribution >= 0.6 is 24.0 Å². The van der Waals surface area contributed by atoms with Crippen molar-refractivity contribution in [2.75, 3.05) is 20.2 Å². The van der Waals surface area contributed by atoms with Gasteiger partial charge in [-0.15, -0.1) is 24.0 Å². The van der Waals surface area contributed by atoms with Crippen molar-refractivity contribution in [3.63, 3.8) is 0 Å². The predicted molar refractivity (Wildman–Crippen MR) is 122 cm³/mol. The van der Waals surface area contributed by atoms with Crippen molar-refractivity contribution in [1.82, 2.24) is 20.4 Å². The van der Waals surface area contributed by atoms with Gasteiger partial charge in [-0.05, 0) is 38.5 Å². The van der Waals surface area contributed by atoms with Gasteiger partial charge in [0.15, 0.2) is 5.96 Å². The average molecular weight is 499 g/mol. The third kappa shape index (κ3) is 6.02. The summed E-state index contributed by atoms with van der Waals surface area (Å²) in [6.07, 6.45) is 5.89. The number of nitrogens with zero attached hydrogens (tertiary/aromatic N) is 3. The normalized spacial score (nSPS) is 15.4. The van der Waals surface area contributed by atoms with Gasteiger partial charge in [0.1, 0.15) is 17.6 Å². The number of fused-ring (bicyclic) bond motifs is 1. The van der Waals surface area contributed by atoms with E-state index in [-0.39, 0.29) is 30.1 Å². The summed E-state index contributed by atoms with van der Waals surface area (Å²) in [5.74, 6) is 2.65. The van der Waals surface area contributed by atoms with E-state index in [4.69, 9.17) is 9.47 Å². The molecular weight excluding hydrogens is 469 g/mol. The largest absolute Gasteiger partial charge is 0.494 e. The zero-order chi connectivity index (χ0) is 19.1. The molecule has 0 radical (unpaired) electrons. The summed E-state index contributed by atoms with van der Waals surface area (Å²) in [4.78, 5) is 4.30. The number of hydrogen-bond acceptors (Lipinski definition) is 4. The van der Waals surface area contributed by atoms with Crippen molar-refractivity contribution in [3.05, 3.63) is 41.7 Å². The number of halogens is 1. The Morgan fingerprint density at radius 1 is 1.39 bits per heavy atom. The van der Waals surface area contributed by atoms with Gasteiger partial charge in [0.2, 0.25) is 0 Å². The van der Waals surface area contributed by atoms with Crippen LogP contribution in [0.5, 0.6) is 11.5 Å². The molecule has 2 aromatic rings. The van der Waals surface area contributed by atoms with E-state index in [1.807, 2.05) is 23.9 Å². The molecule has 0 amide bonds. The molecule has 2 heterocycles. The molecule has 1 aromatic heterocycles. The summed E-state index contributed by atoms with van der Waals surface area (Å²) < 4.78 is 13.7. The molecule has 0 saturated carbocycles. The zero-order valence-electron chi connectivity index (χ0n) is 16.8. The van der Waals surface area contributed by atoms with E-state index in [1.54, 1.807) is 13.2 Å². The van der Waals surface area contributed by atoms with Gasteiger partial charge < -0.3 is 20.1 Å². The number of aryl methyl sites for hydroxylation is 1. The fourth-order valence-corrected chi connectivity index (χ4v) is 3.19. The van der Waals surface area contributed by atoms with Crippen molar-refractivity contribution < 1.29 is 9.47 Å². The Morgan fingerprint density at radius 3 is 2.96 bits per heavy atom. The van der Waals surface area contributed by atoms with Gasteiger partial charge in [-0.1, -0.05) is 0 Å². The van der Waals surface area contributed by atoms with Crippen LogP contribution < -0.4 is 20.1 Å². The van der Waals surface area contributed by atoms with Crippen LogP contribution in [0.4, 0.5) is 0 Å². The smallest absolute Gasteiger partial charge is 0.191 e. The molecule has 0 bridgehead atoms. The molecule has 1 aliphatic heterocycles. The molecule has 1 unspecified atom stereocenters. The van der Waals surface area contributed by atoms with E-state index in [2.05, 4.69) is 39.8 Å². The van der Waals surface area contributed by atoms with Gasteiger partial charge in [0.05, 0.1) is 6.61 Å². The molecular formula is C20H30IN5O2. The number of nitrogens with one attached hydrogen (secondary N) is 2. The Bertz CT molecular complexity index is 764. The lowest BCUT2D eigenvalue weighted by molar-refractivity contribution is 0.254. The molecule has 0 saturated heterocycles. The first-order valence-corrected chi connectivity index (χ1v) is 9.56. The second-order valence-corrected chi connectivity index (χ2v) is 6.61. The van der Waals surface area contributed by atoms with Gasteiger partial charge in [0.25, 0.3) is 0 Å². The third-order valence-corrected chi connectivity index (χ3v) is 4.46. The molecule has 0 spiro atoms. The zero-order valence-corrected chi connectivity index (χ0v) is 19.1. The number of aromatic nitrogens is 2. The Hall–Kier alpha value is -1.97. The molecule has 2 N–H and O–H groups in total. The van der Waals surface area contributed by atoms with E-state index >= 15 is 0 Å². The van der Waals surface area contributed by atoms with Crippen molar-refractivity contribution >= 4 is 29.9 Å². The summed E-state index contributed by atoms with van der Waals surface area (Å²) in [6.45, 7) is 7.06. The Morgan fingerprint density at radius 2 is 2.25 bits per heavy atom. The van der Waals surface area contributed by atoms with Gasteiger partial charge in [-0.3, -0.25) is 9.67 Å². The fraction of sp³-hybridized carbons (Fsp3) is 0.500. The average Bonchev–Trinajstić information content (AvgIpc) is 3.29. The Balaban J connectivity index is 0.00000280. The molecule has 3 rings (SSSR count). The van der Waals surface area contributed by atoms with Crippen LogP contribution in [-0.4, -0.2) is 42.0 Å². The molecule has 1 atom stereocenters. The van der Waals surface area contributed by atoms with Crippen LogP contribution in [0, 0.1) is 0 Å².